The van der Waals surface area contributed by atoms with Crippen LogP contribution in [0.4, 0.5) is 0 Å². The summed E-state index contributed by atoms with van der Waals surface area (Å²) in [4.78, 5) is 14.7. The molecule has 0 amide bonds. The number of ether oxygens (including phenoxy) is 3. The number of para-hydroxylation sites is 1. The van der Waals surface area contributed by atoms with Crippen LogP contribution < -0.4 is 19.0 Å². The Balaban J connectivity index is 1.74. The van der Waals surface area contributed by atoms with E-state index in [4.69, 9.17) is 14.2 Å². The predicted molar refractivity (Wildman–Crippen MR) is 115 cm³/mol. The van der Waals surface area contributed by atoms with Crippen molar-refractivity contribution < 1.29 is 27.4 Å². The second-order valence-electron chi connectivity index (χ2n) is 6.17. The van der Waals surface area contributed by atoms with E-state index in [1.807, 2.05) is 0 Å². The van der Waals surface area contributed by atoms with Crippen molar-refractivity contribution in [2.45, 2.75) is 4.90 Å². The highest BCUT2D eigenvalue weighted by molar-refractivity contribution is 7.89. The summed E-state index contributed by atoms with van der Waals surface area (Å²) < 4.78 is 40.3. The monoisotopic (exact) mass is 440 g/mol. The molecule has 0 radical (unpaired) electrons. The Bertz CT molecular complexity index is 1190. The van der Waals surface area contributed by atoms with Crippen molar-refractivity contribution in [3.05, 3.63) is 83.9 Å². The molecule has 0 aliphatic rings. The normalized spacial score (nSPS) is 11.2. The van der Waals surface area contributed by atoms with Gasteiger partial charge in [-0.3, -0.25) is 0 Å². The van der Waals surface area contributed by atoms with E-state index < -0.39 is 16.0 Å². The molecule has 0 bridgehead atoms. The molecule has 0 fully saturated rings. The molecule has 1 N–H and O–H groups in total. The van der Waals surface area contributed by atoms with Crippen molar-refractivity contribution in [2.75, 3.05) is 14.2 Å². The van der Waals surface area contributed by atoms with Crippen LogP contribution in [0.25, 0.3) is 0 Å². The summed E-state index contributed by atoms with van der Waals surface area (Å²) in [5, 5.41) is 3.78. The van der Waals surface area contributed by atoms with Crippen molar-refractivity contribution in [3.8, 4) is 17.2 Å². The zero-order valence-electron chi connectivity index (χ0n) is 16.8. The van der Waals surface area contributed by atoms with Gasteiger partial charge in [0.25, 0.3) is 10.0 Å². The minimum atomic E-state index is -3.77. The summed E-state index contributed by atoms with van der Waals surface area (Å²) in [5.41, 5.74) is 0.803. The summed E-state index contributed by atoms with van der Waals surface area (Å²) in [6.07, 6.45) is 1.31. The fourth-order valence-electron chi connectivity index (χ4n) is 2.64. The molecule has 0 spiro atoms. The van der Waals surface area contributed by atoms with Gasteiger partial charge in [-0.05, 0) is 48.0 Å². The standard InChI is InChI=1S/C22H20N2O6S/c1-28-19-11-7-6-10-18(19)22(25)30-20-13-12-16(14-21(20)29-2)15-23-24-31(26,27)17-8-4-3-5-9-17/h3-15,24H,1-2H3/b23-15+. The molecule has 0 unspecified atom stereocenters. The first-order valence-electron chi connectivity index (χ1n) is 9.08. The van der Waals surface area contributed by atoms with Crippen LogP contribution in [0.1, 0.15) is 15.9 Å². The summed E-state index contributed by atoms with van der Waals surface area (Å²) in [7, 11) is -0.877. The van der Waals surface area contributed by atoms with Crippen molar-refractivity contribution in [2.24, 2.45) is 5.10 Å². The Kier molecular flexibility index (Phi) is 6.88. The molecule has 8 nitrogen and oxygen atoms in total. The Morgan fingerprint density at radius 3 is 2.26 bits per heavy atom. The first-order chi connectivity index (χ1) is 14.9. The minimum absolute atomic E-state index is 0.100. The van der Waals surface area contributed by atoms with Gasteiger partial charge >= 0.3 is 5.97 Å². The molecule has 0 aliphatic carbocycles. The van der Waals surface area contributed by atoms with Crippen LogP contribution >= 0.6 is 0 Å². The van der Waals surface area contributed by atoms with Gasteiger partial charge in [-0.25, -0.2) is 9.63 Å². The summed E-state index contributed by atoms with van der Waals surface area (Å²) >= 11 is 0. The van der Waals surface area contributed by atoms with Crippen LogP contribution in [0.15, 0.2) is 82.8 Å². The molecule has 3 aromatic carbocycles. The number of methoxy groups -OCH3 is 2. The molecule has 3 rings (SSSR count). The topological polar surface area (TPSA) is 103 Å². The fourth-order valence-corrected chi connectivity index (χ4v) is 3.45. The lowest BCUT2D eigenvalue weighted by Crippen LogP contribution is -2.18. The minimum Gasteiger partial charge on any atom is -0.496 e. The predicted octanol–water partition coefficient (Wildman–Crippen LogP) is 3.24. The first kappa shape index (κ1) is 21.8. The van der Waals surface area contributed by atoms with Gasteiger partial charge in [-0.1, -0.05) is 30.3 Å². The quantitative estimate of drug-likeness (QED) is 0.250. The molecule has 0 aromatic heterocycles. The number of sulfonamides is 1. The lowest BCUT2D eigenvalue weighted by atomic mass is 10.2. The van der Waals surface area contributed by atoms with E-state index in [1.165, 1.54) is 38.6 Å². The molecular weight excluding hydrogens is 420 g/mol. The Hall–Kier alpha value is -3.85. The van der Waals surface area contributed by atoms with Gasteiger partial charge in [0, 0.05) is 0 Å². The molecule has 0 aliphatic heterocycles. The Morgan fingerprint density at radius 2 is 1.55 bits per heavy atom. The Morgan fingerprint density at radius 1 is 0.871 bits per heavy atom. The molecule has 0 saturated carbocycles. The second kappa shape index (κ2) is 9.77. The number of benzene rings is 3. The van der Waals surface area contributed by atoms with Gasteiger partial charge in [-0.15, -0.1) is 0 Å². The van der Waals surface area contributed by atoms with Crippen LogP contribution in [0.3, 0.4) is 0 Å². The number of nitrogens with zero attached hydrogens (tertiary/aromatic N) is 1. The molecule has 3 aromatic rings. The number of hydrogen-bond donors (Lipinski definition) is 1. The van der Waals surface area contributed by atoms with Gasteiger partial charge in [0.2, 0.25) is 0 Å². The highest BCUT2D eigenvalue weighted by Gasteiger charge is 2.17. The third-order valence-corrected chi connectivity index (χ3v) is 5.40. The van der Waals surface area contributed by atoms with Crippen molar-refractivity contribution >= 4 is 22.2 Å². The van der Waals surface area contributed by atoms with Gasteiger partial charge in [0.15, 0.2) is 11.5 Å². The van der Waals surface area contributed by atoms with E-state index in [9.17, 15) is 13.2 Å². The van der Waals surface area contributed by atoms with Gasteiger partial charge in [0.05, 0.1) is 25.3 Å². The lowest BCUT2D eigenvalue weighted by Gasteiger charge is -2.11. The molecule has 160 valence electrons. The summed E-state index contributed by atoms with van der Waals surface area (Å²) in [6, 6.07) is 19.3. The fraction of sp³-hybridized carbons (Fsp3) is 0.0909. The third kappa shape index (κ3) is 5.40. The van der Waals surface area contributed by atoms with Crippen molar-refractivity contribution in [3.63, 3.8) is 0 Å². The smallest absolute Gasteiger partial charge is 0.347 e. The number of nitrogens with one attached hydrogen (secondary N) is 1. The average molecular weight is 440 g/mol. The number of hydrogen-bond acceptors (Lipinski definition) is 7. The third-order valence-electron chi connectivity index (χ3n) is 4.16. The van der Waals surface area contributed by atoms with E-state index in [0.29, 0.717) is 11.3 Å². The number of rotatable bonds is 8. The maximum absolute atomic E-state index is 12.5. The van der Waals surface area contributed by atoms with Crippen LogP contribution in [-0.4, -0.2) is 34.8 Å². The summed E-state index contributed by atoms with van der Waals surface area (Å²) in [6.45, 7) is 0. The molecule has 0 saturated heterocycles. The molecule has 9 heteroatoms. The zero-order valence-corrected chi connectivity index (χ0v) is 17.6. The molecular formula is C22H20N2O6S. The van der Waals surface area contributed by atoms with E-state index in [-0.39, 0.29) is 22.0 Å². The average Bonchev–Trinajstić information content (AvgIpc) is 2.80. The van der Waals surface area contributed by atoms with Gasteiger partial charge in [-0.2, -0.15) is 13.5 Å². The van der Waals surface area contributed by atoms with Crippen molar-refractivity contribution in [1.82, 2.24) is 4.83 Å². The first-order valence-corrected chi connectivity index (χ1v) is 10.6. The summed E-state index contributed by atoms with van der Waals surface area (Å²) in [5.74, 6) is 0.257. The van der Waals surface area contributed by atoms with E-state index in [2.05, 4.69) is 9.93 Å². The molecule has 31 heavy (non-hydrogen) atoms. The van der Waals surface area contributed by atoms with Crippen molar-refractivity contribution in [1.29, 1.82) is 0 Å². The highest BCUT2D eigenvalue weighted by Crippen LogP contribution is 2.29. The Labute approximate surface area is 180 Å². The highest BCUT2D eigenvalue weighted by atomic mass is 32.2. The second-order valence-corrected chi connectivity index (χ2v) is 7.83. The largest absolute Gasteiger partial charge is 0.496 e. The van der Waals surface area contributed by atoms with Gasteiger partial charge < -0.3 is 14.2 Å². The SMILES string of the molecule is COc1cc(/C=N/NS(=O)(=O)c2ccccc2)ccc1OC(=O)c1ccccc1OC. The van der Waals surface area contributed by atoms with Crippen LogP contribution in [0.2, 0.25) is 0 Å². The molecule has 0 atom stereocenters. The zero-order chi connectivity index (χ0) is 22.3. The van der Waals surface area contributed by atoms with E-state index in [1.54, 1.807) is 54.6 Å². The number of hydrazone groups is 1. The van der Waals surface area contributed by atoms with E-state index >= 15 is 0 Å². The van der Waals surface area contributed by atoms with Gasteiger partial charge in [0.1, 0.15) is 11.3 Å². The van der Waals surface area contributed by atoms with E-state index in [0.717, 1.165) is 0 Å². The van der Waals surface area contributed by atoms with Crippen LogP contribution in [0, 0.1) is 0 Å². The number of carbonyl (C=O) groups excluding carboxylic acids is 1. The maximum Gasteiger partial charge on any atom is 0.347 e. The van der Waals surface area contributed by atoms with Crippen LogP contribution in [0.5, 0.6) is 17.2 Å². The number of carbonyl (C=O) groups is 1. The number of esters is 1. The molecule has 0 heterocycles. The van der Waals surface area contributed by atoms with Crippen LogP contribution in [-0.2, 0) is 10.0 Å². The lowest BCUT2D eigenvalue weighted by molar-refractivity contribution is 0.0726. The maximum atomic E-state index is 12.5.